The van der Waals surface area contributed by atoms with E-state index in [-0.39, 0.29) is 12.5 Å². The van der Waals surface area contributed by atoms with Gasteiger partial charge in [0.2, 0.25) is 0 Å². The summed E-state index contributed by atoms with van der Waals surface area (Å²) >= 11 is 0. The van der Waals surface area contributed by atoms with Gasteiger partial charge in [0.05, 0.1) is 12.7 Å². The Morgan fingerprint density at radius 3 is 3.16 bits per heavy atom. The molecule has 0 spiro atoms. The summed E-state index contributed by atoms with van der Waals surface area (Å²) in [6.07, 6.45) is 4.45. The molecular weight excluding hydrogens is 246 g/mol. The third kappa shape index (κ3) is 3.51. The third-order valence-corrected chi connectivity index (χ3v) is 3.46. The maximum Gasteiger partial charge on any atom is 0.276 e. The van der Waals surface area contributed by atoms with E-state index in [0.717, 1.165) is 25.8 Å². The van der Waals surface area contributed by atoms with E-state index in [4.69, 9.17) is 10.8 Å². The highest BCUT2D eigenvalue weighted by atomic mass is 16.3. The standard InChI is InChI=1S/C12H21N5O2/c13-4-6-17-9-11(14-15-17)12(19)16-5-1-2-10(8-16)3-7-18/h9-10,18H,1-8,13H2. The second-order valence-corrected chi connectivity index (χ2v) is 4.93. The molecule has 1 fully saturated rings. The summed E-state index contributed by atoms with van der Waals surface area (Å²) in [7, 11) is 0. The van der Waals surface area contributed by atoms with E-state index in [2.05, 4.69) is 10.3 Å². The molecule has 3 N–H and O–H groups in total. The topological polar surface area (TPSA) is 97.3 Å². The molecule has 0 saturated carbocycles. The van der Waals surface area contributed by atoms with E-state index in [1.807, 2.05) is 0 Å². The van der Waals surface area contributed by atoms with Gasteiger partial charge in [-0.25, -0.2) is 0 Å². The van der Waals surface area contributed by atoms with Crippen LogP contribution in [0.25, 0.3) is 0 Å². The van der Waals surface area contributed by atoms with Crippen LogP contribution in [0.3, 0.4) is 0 Å². The largest absolute Gasteiger partial charge is 0.396 e. The van der Waals surface area contributed by atoms with E-state index in [1.54, 1.807) is 15.8 Å². The first-order valence-corrected chi connectivity index (χ1v) is 6.75. The van der Waals surface area contributed by atoms with E-state index in [0.29, 0.717) is 31.2 Å². The Kier molecular flexibility index (Phi) is 4.86. The number of likely N-dealkylation sites (tertiary alicyclic amines) is 1. The summed E-state index contributed by atoms with van der Waals surface area (Å²) in [6, 6.07) is 0. The lowest BCUT2D eigenvalue weighted by molar-refractivity contribution is 0.0647. The SMILES string of the molecule is NCCn1cc(C(=O)N2CCCC(CCO)C2)nn1. The van der Waals surface area contributed by atoms with Crippen molar-refractivity contribution in [2.45, 2.75) is 25.8 Å². The molecule has 2 rings (SSSR count). The van der Waals surface area contributed by atoms with E-state index < -0.39 is 0 Å². The molecule has 1 aliphatic heterocycles. The Labute approximate surface area is 112 Å². The van der Waals surface area contributed by atoms with E-state index in [1.165, 1.54) is 0 Å². The predicted octanol–water partition coefficient (Wildman–Crippen LogP) is -0.529. The number of hydrogen-bond donors (Lipinski definition) is 2. The van der Waals surface area contributed by atoms with Gasteiger partial charge in [0, 0.05) is 26.2 Å². The molecule has 19 heavy (non-hydrogen) atoms. The highest BCUT2D eigenvalue weighted by molar-refractivity contribution is 5.92. The smallest absolute Gasteiger partial charge is 0.276 e. The van der Waals surface area contributed by atoms with E-state index >= 15 is 0 Å². The monoisotopic (exact) mass is 267 g/mol. The van der Waals surface area contributed by atoms with Crippen LogP contribution in [0.5, 0.6) is 0 Å². The summed E-state index contributed by atoms with van der Waals surface area (Å²) in [5, 5.41) is 16.8. The Bertz CT molecular complexity index is 418. The van der Waals surface area contributed by atoms with Crippen molar-refractivity contribution in [3.8, 4) is 0 Å². The number of carbonyl (C=O) groups excluding carboxylic acids is 1. The fourth-order valence-electron chi connectivity index (χ4n) is 2.47. The molecule has 0 bridgehead atoms. The van der Waals surface area contributed by atoms with Crippen molar-refractivity contribution >= 4 is 5.91 Å². The maximum absolute atomic E-state index is 12.3. The number of piperidine rings is 1. The van der Waals surface area contributed by atoms with Crippen molar-refractivity contribution in [1.82, 2.24) is 19.9 Å². The molecule has 1 saturated heterocycles. The lowest BCUT2D eigenvalue weighted by Gasteiger charge is -2.31. The van der Waals surface area contributed by atoms with Crippen molar-refractivity contribution < 1.29 is 9.90 Å². The molecule has 1 aromatic heterocycles. The van der Waals surface area contributed by atoms with Crippen LogP contribution in [0.4, 0.5) is 0 Å². The summed E-state index contributed by atoms with van der Waals surface area (Å²) in [4.78, 5) is 14.1. The molecule has 1 aromatic rings. The van der Waals surface area contributed by atoms with Gasteiger partial charge in [0.25, 0.3) is 5.91 Å². The molecule has 106 valence electrons. The van der Waals surface area contributed by atoms with Gasteiger partial charge in [-0.05, 0) is 25.2 Å². The number of aliphatic hydroxyl groups is 1. The van der Waals surface area contributed by atoms with Gasteiger partial charge in [-0.1, -0.05) is 5.21 Å². The van der Waals surface area contributed by atoms with Crippen molar-refractivity contribution in [3.05, 3.63) is 11.9 Å². The van der Waals surface area contributed by atoms with Crippen LogP contribution in [-0.4, -0.2) is 57.1 Å². The van der Waals surface area contributed by atoms with Gasteiger partial charge in [0.15, 0.2) is 5.69 Å². The second kappa shape index (κ2) is 6.63. The van der Waals surface area contributed by atoms with Crippen molar-refractivity contribution in [1.29, 1.82) is 0 Å². The van der Waals surface area contributed by atoms with Gasteiger partial charge in [0.1, 0.15) is 0 Å². The van der Waals surface area contributed by atoms with Crippen molar-refractivity contribution in [2.24, 2.45) is 11.7 Å². The summed E-state index contributed by atoms with van der Waals surface area (Å²) in [5.74, 6) is 0.313. The van der Waals surface area contributed by atoms with Crippen LogP contribution in [0.1, 0.15) is 29.8 Å². The molecule has 2 heterocycles. The van der Waals surface area contributed by atoms with Crippen LogP contribution >= 0.6 is 0 Å². The first kappa shape index (κ1) is 14.0. The lowest BCUT2D eigenvalue weighted by atomic mass is 9.95. The first-order valence-electron chi connectivity index (χ1n) is 6.75. The van der Waals surface area contributed by atoms with E-state index in [9.17, 15) is 4.79 Å². The van der Waals surface area contributed by atoms with Crippen LogP contribution in [-0.2, 0) is 6.54 Å². The van der Waals surface area contributed by atoms with Gasteiger partial charge < -0.3 is 15.7 Å². The van der Waals surface area contributed by atoms with Gasteiger partial charge in [-0.15, -0.1) is 5.10 Å². The molecule has 1 unspecified atom stereocenters. The summed E-state index contributed by atoms with van der Waals surface area (Å²) in [5.41, 5.74) is 5.81. The average Bonchev–Trinajstić information content (AvgIpc) is 2.88. The zero-order valence-electron chi connectivity index (χ0n) is 11.0. The molecule has 7 nitrogen and oxygen atoms in total. The Hall–Kier alpha value is -1.47. The Balaban J connectivity index is 1.97. The lowest BCUT2D eigenvalue weighted by Crippen LogP contribution is -2.40. The minimum atomic E-state index is -0.0779. The van der Waals surface area contributed by atoms with Crippen LogP contribution in [0.2, 0.25) is 0 Å². The van der Waals surface area contributed by atoms with Crippen LogP contribution in [0.15, 0.2) is 6.20 Å². The van der Waals surface area contributed by atoms with Gasteiger partial charge >= 0.3 is 0 Å². The molecule has 7 heteroatoms. The number of amides is 1. The average molecular weight is 267 g/mol. The van der Waals surface area contributed by atoms with Gasteiger partial charge in [-0.2, -0.15) is 0 Å². The quantitative estimate of drug-likeness (QED) is 0.747. The fourth-order valence-corrected chi connectivity index (χ4v) is 2.47. The normalized spacial score (nSPS) is 19.7. The van der Waals surface area contributed by atoms with Crippen LogP contribution < -0.4 is 5.73 Å². The minimum absolute atomic E-state index is 0.0779. The maximum atomic E-state index is 12.3. The number of nitrogens with two attached hydrogens (primary N) is 1. The van der Waals surface area contributed by atoms with Crippen molar-refractivity contribution in [2.75, 3.05) is 26.2 Å². The molecule has 1 atom stereocenters. The highest BCUT2D eigenvalue weighted by Crippen LogP contribution is 2.20. The van der Waals surface area contributed by atoms with Gasteiger partial charge in [-0.3, -0.25) is 9.48 Å². The molecular formula is C12H21N5O2. The summed E-state index contributed by atoms with van der Waals surface area (Å²) in [6.45, 7) is 2.67. The predicted molar refractivity (Wildman–Crippen MR) is 69.4 cm³/mol. The first-order chi connectivity index (χ1) is 9.24. The Morgan fingerprint density at radius 2 is 2.42 bits per heavy atom. The van der Waals surface area contributed by atoms with Crippen molar-refractivity contribution in [3.63, 3.8) is 0 Å². The third-order valence-electron chi connectivity index (χ3n) is 3.46. The minimum Gasteiger partial charge on any atom is -0.396 e. The number of aromatic nitrogens is 3. The fraction of sp³-hybridized carbons (Fsp3) is 0.750. The number of rotatable bonds is 5. The molecule has 1 amide bonds. The highest BCUT2D eigenvalue weighted by Gasteiger charge is 2.25. The molecule has 0 aromatic carbocycles. The zero-order chi connectivity index (χ0) is 13.7. The number of nitrogens with zero attached hydrogens (tertiary/aromatic N) is 4. The number of hydrogen-bond acceptors (Lipinski definition) is 5. The molecule has 0 radical (unpaired) electrons. The molecule has 0 aliphatic carbocycles. The molecule has 1 aliphatic rings. The van der Waals surface area contributed by atoms with Crippen LogP contribution in [0, 0.1) is 5.92 Å². The number of carbonyl (C=O) groups is 1. The second-order valence-electron chi connectivity index (χ2n) is 4.93. The Morgan fingerprint density at radius 1 is 1.58 bits per heavy atom. The summed E-state index contributed by atoms with van der Waals surface area (Å²) < 4.78 is 1.59. The zero-order valence-corrected chi connectivity index (χ0v) is 11.0. The number of aliphatic hydroxyl groups excluding tert-OH is 1.